The Labute approximate surface area is 96.0 Å². The first-order valence-electron chi connectivity index (χ1n) is 5.72. The van der Waals surface area contributed by atoms with Gasteiger partial charge in [0.15, 0.2) is 0 Å². The molecule has 1 saturated carbocycles. The van der Waals surface area contributed by atoms with Gasteiger partial charge in [0.2, 0.25) is 0 Å². The Morgan fingerprint density at radius 2 is 1.94 bits per heavy atom. The SMILES string of the molecule is CC(C)(C)OC(=O)C[C@@H]1CC[C@H](C(=O)O)C1. The Balaban J connectivity index is 2.34. The molecule has 92 valence electrons. The third-order valence-electron chi connectivity index (χ3n) is 2.77. The lowest BCUT2D eigenvalue weighted by Gasteiger charge is -2.20. The van der Waals surface area contributed by atoms with Crippen LogP contribution in [0.4, 0.5) is 0 Å². The Bertz CT molecular complexity index is 277. The molecule has 0 radical (unpaired) electrons. The van der Waals surface area contributed by atoms with Crippen LogP contribution in [-0.4, -0.2) is 22.6 Å². The molecule has 1 fully saturated rings. The maximum absolute atomic E-state index is 11.5. The largest absolute Gasteiger partial charge is 0.481 e. The third-order valence-corrected chi connectivity index (χ3v) is 2.77. The van der Waals surface area contributed by atoms with E-state index < -0.39 is 11.6 Å². The lowest BCUT2D eigenvalue weighted by molar-refractivity contribution is -0.156. The molecule has 0 bridgehead atoms. The lowest BCUT2D eigenvalue weighted by Crippen LogP contribution is -2.25. The standard InChI is InChI=1S/C12H20O4/c1-12(2,3)16-10(13)7-8-4-5-9(6-8)11(14)15/h8-9H,4-7H2,1-3H3,(H,14,15)/t8-,9+/m1/s1. The maximum atomic E-state index is 11.5. The molecule has 1 aliphatic rings. The van der Waals surface area contributed by atoms with Gasteiger partial charge in [-0.05, 0) is 46.0 Å². The molecule has 0 amide bonds. The van der Waals surface area contributed by atoms with Crippen LogP contribution in [0.1, 0.15) is 46.5 Å². The minimum absolute atomic E-state index is 0.177. The first kappa shape index (κ1) is 13.0. The van der Waals surface area contributed by atoms with E-state index in [0.717, 1.165) is 6.42 Å². The predicted molar refractivity (Wildman–Crippen MR) is 58.9 cm³/mol. The van der Waals surface area contributed by atoms with Gasteiger partial charge >= 0.3 is 11.9 Å². The van der Waals surface area contributed by atoms with Crippen molar-refractivity contribution in [3.63, 3.8) is 0 Å². The molecule has 1 N–H and O–H groups in total. The Morgan fingerprint density at radius 1 is 1.31 bits per heavy atom. The highest BCUT2D eigenvalue weighted by Crippen LogP contribution is 2.33. The van der Waals surface area contributed by atoms with Crippen molar-refractivity contribution in [3.05, 3.63) is 0 Å². The number of carboxylic acids is 1. The normalized spacial score (nSPS) is 25.4. The van der Waals surface area contributed by atoms with Crippen LogP contribution in [0, 0.1) is 11.8 Å². The monoisotopic (exact) mass is 228 g/mol. The Kier molecular flexibility index (Phi) is 3.94. The molecule has 0 aromatic rings. The van der Waals surface area contributed by atoms with Gasteiger partial charge in [-0.3, -0.25) is 9.59 Å². The number of carboxylic acid groups (broad SMARTS) is 1. The second-order valence-corrected chi connectivity index (χ2v) is 5.50. The quantitative estimate of drug-likeness (QED) is 0.752. The summed E-state index contributed by atoms with van der Waals surface area (Å²) in [5, 5.41) is 8.84. The molecule has 0 unspecified atom stereocenters. The summed E-state index contributed by atoms with van der Waals surface area (Å²) < 4.78 is 5.21. The van der Waals surface area contributed by atoms with Crippen LogP contribution >= 0.6 is 0 Å². The van der Waals surface area contributed by atoms with Crippen LogP contribution < -0.4 is 0 Å². The highest BCUT2D eigenvalue weighted by Gasteiger charge is 2.31. The van der Waals surface area contributed by atoms with Crippen molar-refractivity contribution >= 4 is 11.9 Å². The van der Waals surface area contributed by atoms with Crippen molar-refractivity contribution in [2.45, 2.75) is 52.1 Å². The molecular formula is C12H20O4. The average Bonchev–Trinajstić information content (AvgIpc) is 2.48. The topological polar surface area (TPSA) is 63.6 Å². The summed E-state index contributed by atoms with van der Waals surface area (Å²) in [7, 11) is 0. The maximum Gasteiger partial charge on any atom is 0.306 e. The highest BCUT2D eigenvalue weighted by atomic mass is 16.6. The van der Waals surface area contributed by atoms with Gasteiger partial charge in [-0.1, -0.05) is 0 Å². The fraction of sp³-hybridized carbons (Fsp3) is 0.833. The summed E-state index contributed by atoms with van der Waals surface area (Å²) in [6.45, 7) is 5.50. The molecule has 0 saturated heterocycles. The van der Waals surface area contributed by atoms with Gasteiger partial charge in [-0.25, -0.2) is 0 Å². The van der Waals surface area contributed by atoms with Crippen LogP contribution in [0.3, 0.4) is 0 Å². The van der Waals surface area contributed by atoms with E-state index >= 15 is 0 Å². The summed E-state index contributed by atoms with van der Waals surface area (Å²) >= 11 is 0. The van der Waals surface area contributed by atoms with Crippen molar-refractivity contribution in [3.8, 4) is 0 Å². The molecule has 0 heterocycles. The van der Waals surface area contributed by atoms with Crippen LogP contribution in [0.2, 0.25) is 0 Å². The molecule has 0 aromatic carbocycles. The molecule has 0 aliphatic heterocycles. The molecular weight excluding hydrogens is 208 g/mol. The Morgan fingerprint density at radius 3 is 2.38 bits per heavy atom. The Hall–Kier alpha value is -1.06. The second-order valence-electron chi connectivity index (χ2n) is 5.50. The molecule has 2 atom stereocenters. The van der Waals surface area contributed by atoms with E-state index in [1.165, 1.54) is 0 Å². The summed E-state index contributed by atoms with van der Waals surface area (Å²) in [6.07, 6.45) is 2.45. The summed E-state index contributed by atoms with van der Waals surface area (Å²) in [5.41, 5.74) is -0.456. The van der Waals surface area contributed by atoms with Gasteiger partial charge < -0.3 is 9.84 Å². The van der Waals surface area contributed by atoms with E-state index in [-0.39, 0.29) is 17.8 Å². The minimum atomic E-state index is -0.744. The molecule has 1 aliphatic carbocycles. The second kappa shape index (κ2) is 4.85. The summed E-state index contributed by atoms with van der Waals surface area (Å²) in [5.74, 6) is -1.06. The van der Waals surface area contributed by atoms with E-state index in [0.29, 0.717) is 19.3 Å². The van der Waals surface area contributed by atoms with Crippen molar-refractivity contribution in [2.75, 3.05) is 0 Å². The highest BCUT2D eigenvalue weighted by molar-refractivity contribution is 5.72. The van der Waals surface area contributed by atoms with Crippen molar-refractivity contribution in [2.24, 2.45) is 11.8 Å². The number of rotatable bonds is 3. The molecule has 0 aromatic heterocycles. The van der Waals surface area contributed by atoms with Crippen molar-refractivity contribution < 1.29 is 19.4 Å². The van der Waals surface area contributed by atoms with Crippen LogP contribution in [-0.2, 0) is 14.3 Å². The van der Waals surface area contributed by atoms with Crippen molar-refractivity contribution in [1.29, 1.82) is 0 Å². The number of ether oxygens (including phenoxy) is 1. The summed E-state index contributed by atoms with van der Waals surface area (Å²) in [6, 6.07) is 0. The first-order valence-corrected chi connectivity index (χ1v) is 5.72. The van der Waals surface area contributed by atoms with E-state index in [4.69, 9.17) is 9.84 Å². The van der Waals surface area contributed by atoms with Gasteiger partial charge in [-0.15, -0.1) is 0 Å². The fourth-order valence-corrected chi connectivity index (χ4v) is 2.10. The molecule has 16 heavy (non-hydrogen) atoms. The van der Waals surface area contributed by atoms with Crippen LogP contribution in [0.15, 0.2) is 0 Å². The van der Waals surface area contributed by atoms with Gasteiger partial charge in [-0.2, -0.15) is 0 Å². The van der Waals surface area contributed by atoms with Gasteiger partial charge in [0.25, 0.3) is 0 Å². The lowest BCUT2D eigenvalue weighted by atomic mass is 10.0. The minimum Gasteiger partial charge on any atom is -0.481 e. The number of aliphatic carboxylic acids is 1. The number of carbonyl (C=O) groups is 2. The zero-order valence-electron chi connectivity index (χ0n) is 10.2. The van der Waals surface area contributed by atoms with Gasteiger partial charge in [0.1, 0.15) is 5.60 Å². The first-order chi connectivity index (χ1) is 7.28. The van der Waals surface area contributed by atoms with Crippen LogP contribution in [0.5, 0.6) is 0 Å². The molecule has 0 spiro atoms. The van der Waals surface area contributed by atoms with E-state index in [1.807, 2.05) is 20.8 Å². The van der Waals surface area contributed by atoms with E-state index in [9.17, 15) is 9.59 Å². The number of hydrogen-bond acceptors (Lipinski definition) is 3. The predicted octanol–water partition coefficient (Wildman–Crippen LogP) is 2.22. The van der Waals surface area contributed by atoms with E-state index in [1.54, 1.807) is 0 Å². The molecule has 1 rings (SSSR count). The number of hydrogen-bond donors (Lipinski definition) is 1. The van der Waals surface area contributed by atoms with Gasteiger partial charge in [0.05, 0.1) is 5.92 Å². The third kappa shape index (κ3) is 4.21. The fourth-order valence-electron chi connectivity index (χ4n) is 2.10. The summed E-state index contributed by atoms with van der Waals surface area (Å²) in [4.78, 5) is 22.3. The van der Waals surface area contributed by atoms with Crippen LogP contribution in [0.25, 0.3) is 0 Å². The van der Waals surface area contributed by atoms with E-state index in [2.05, 4.69) is 0 Å². The zero-order chi connectivity index (χ0) is 12.3. The number of carbonyl (C=O) groups excluding carboxylic acids is 1. The van der Waals surface area contributed by atoms with Gasteiger partial charge in [0, 0.05) is 6.42 Å². The molecule has 4 heteroatoms. The van der Waals surface area contributed by atoms with Crippen molar-refractivity contribution in [1.82, 2.24) is 0 Å². The smallest absolute Gasteiger partial charge is 0.306 e. The molecule has 4 nitrogen and oxygen atoms in total. The zero-order valence-corrected chi connectivity index (χ0v) is 10.2. The number of esters is 1. The average molecular weight is 228 g/mol.